The molecule has 10 nitrogen and oxygen atoms in total. The summed E-state index contributed by atoms with van der Waals surface area (Å²) in [6, 6.07) is 9.67. The zero-order valence-electron chi connectivity index (χ0n) is 25.3. The van der Waals surface area contributed by atoms with Crippen LogP contribution in [0.3, 0.4) is 0 Å². The Morgan fingerprint density at radius 2 is 1.59 bits per heavy atom. The summed E-state index contributed by atoms with van der Waals surface area (Å²) >= 11 is 0. The summed E-state index contributed by atoms with van der Waals surface area (Å²) in [5, 5.41) is 16.6. The molecule has 0 radical (unpaired) electrons. The highest BCUT2D eigenvalue weighted by molar-refractivity contribution is 6.00. The third kappa shape index (κ3) is 8.96. The number of carbonyl (C=O) groups is 4. The number of phenols is 1. The first kappa shape index (κ1) is 33.1. The van der Waals surface area contributed by atoms with Crippen LogP contribution in [0.5, 0.6) is 5.75 Å². The van der Waals surface area contributed by atoms with Crippen LogP contribution < -0.4 is 16.4 Å². The summed E-state index contributed by atoms with van der Waals surface area (Å²) in [5.74, 6) is -1.97. The zero-order valence-corrected chi connectivity index (χ0v) is 25.3. The molecule has 2 aromatic rings. The number of carbonyl (C=O) groups excluding carboxylic acids is 4. The second-order valence-corrected chi connectivity index (χ2v) is 11.8. The Hall–Kier alpha value is -4.08. The minimum Gasteiger partial charge on any atom is -0.507 e. The number of aryl methyl sites for hydroxylation is 2. The van der Waals surface area contributed by atoms with Gasteiger partial charge in [-0.05, 0) is 78.5 Å². The summed E-state index contributed by atoms with van der Waals surface area (Å²) in [5.41, 5.74) is 5.71. The van der Waals surface area contributed by atoms with Crippen LogP contribution in [0, 0.1) is 13.8 Å². The van der Waals surface area contributed by atoms with E-state index in [4.69, 9.17) is 10.5 Å². The molecule has 0 spiro atoms. The van der Waals surface area contributed by atoms with Crippen molar-refractivity contribution in [2.45, 2.75) is 97.9 Å². The number of para-hydroxylation sites is 2. The number of rotatable bonds is 11. The normalized spacial score (nSPS) is 13.1. The molecule has 2 atom stereocenters. The van der Waals surface area contributed by atoms with Gasteiger partial charge in [-0.25, -0.2) is 4.79 Å². The van der Waals surface area contributed by atoms with Gasteiger partial charge in [0, 0.05) is 23.2 Å². The molecular weight excluding hydrogens is 524 g/mol. The summed E-state index contributed by atoms with van der Waals surface area (Å²) in [4.78, 5) is 54.4. The van der Waals surface area contributed by atoms with Crippen molar-refractivity contribution in [3.8, 4) is 5.75 Å². The van der Waals surface area contributed by atoms with Gasteiger partial charge < -0.3 is 31.1 Å². The average Bonchev–Trinajstić information content (AvgIpc) is 2.86. The standard InChI is InChI=1S/C31H44N4O6/c1-9-31(7,8)35(28(39)23(17-18-24(32)36)34-29(40)41-30(4,5)6)25(21-15-12-14-20(3)26(21)37)27(38)33-22-16-11-10-13-19(22)2/h10-16,23,25,37H,9,17-18H2,1-8H3,(H2,32,36)(H,33,38)(H,34,40). The number of alkyl carbamates (subject to hydrolysis) is 1. The number of nitrogens with two attached hydrogens (primary N) is 1. The minimum absolute atomic E-state index is 0.115. The van der Waals surface area contributed by atoms with Crippen molar-refractivity contribution < 1.29 is 29.0 Å². The van der Waals surface area contributed by atoms with E-state index >= 15 is 0 Å². The van der Waals surface area contributed by atoms with Gasteiger partial charge >= 0.3 is 6.09 Å². The van der Waals surface area contributed by atoms with Crippen molar-refractivity contribution in [2.75, 3.05) is 5.32 Å². The highest BCUT2D eigenvalue weighted by Gasteiger charge is 2.44. The number of nitrogens with one attached hydrogen (secondary N) is 2. The van der Waals surface area contributed by atoms with Crippen LogP contribution in [-0.2, 0) is 19.1 Å². The van der Waals surface area contributed by atoms with E-state index in [9.17, 15) is 24.3 Å². The van der Waals surface area contributed by atoms with Gasteiger partial charge in [-0.3, -0.25) is 14.4 Å². The molecule has 4 amide bonds. The van der Waals surface area contributed by atoms with E-state index < -0.39 is 47.0 Å². The second-order valence-electron chi connectivity index (χ2n) is 11.8. The predicted octanol–water partition coefficient (Wildman–Crippen LogP) is 4.86. The highest BCUT2D eigenvalue weighted by Crippen LogP contribution is 2.38. The zero-order chi connectivity index (χ0) is 31.1. The number of amides is 4. The van der Waals surface area contributed by atoms with Crippen molar-refractivity contribution in [2.24, 2.45) is 5.73 Å². The Kier molecular flexibility index (Phi) is 10.9. The van der Waals surface area contributed by atoms with Gasteiger partial charge in [-0.15, -0.1) is 0 Å². The van der Waals surface area contributed by atoms with Gasteiger partial charge in [0.2, 0.25) is 11.8 Å². The van der Waals surface area contributed by atoms with Crippen LogP contribution in [-0.4, -0.2) is 51.0 Å². The minimum atomic E-state index is -1.30. The Bertz CT molecular complexity index is 1270. The lowest BCUT2D eigenvalue weighted by molar-refractivity contribution is -0.148. The van der Waals surface area contributed by atoms with E-state index in [0.717, 1.165) is 5.56 Å². The largest absolute Gasteiger partial charge is 0.507 e. The molecule has 0 heterocycles. The molecule has 41 heavy (non-hydrogen) atoms. The Morgan fingerprint density at radius 1 is 0.976 bits per heavy atom. The van der Waals surface area contributed by atoms with Crippen LogP contribution in [0.2, 0.25) is 0 Å². The molecule has 0 saturated heterocycles. The average molecular weight is 569 g/mol. The first-order chi connectivity index (χ1) is 19.0. The number of phenolic OH excluding ortho intramolecular Hbond substituents is 1. The van der Waals surface area contributed by atoms with Crippen molar-refractivity contribution in [1.82, 2.24) is 10.2 Å². The molecule has 5 N–H and O–H groups in total. The third-order valence-corrected chi connectivity index (χ3v) is 6.90. The van der Waals surface area contributed by atoms with Crippen LogP contribution >= 0.6 is 0 Å². The number of primary amides is 1. The maximum atomic E-state index is 14.4. The van der Waals surface area contributed by atoms with E-state index in [-0.39, 0.29) is 24.2 Å². The lowest BCUT2D eigenvalue weighted by Gasteiger charge is -2.44. The van der Waals surface area contributed by atoms with Crippen molar-refractivity contribution >= 4 is 29.5 Å². The summed E-state index contributed by atoms with van der Waals surface area (Å²) in [6.45, 7) is 14.1. The maximum absolute atomic E-state index is 14.4. The number of hydrogen-bond donors (Lipinski definition) is 4. The van der Waals surface area contributed by atoms with E-state index in [1.165, 1.54) is 4.90 Å². The molecule has 10 heteroatoms. The van der Waals surface area contributed by atoms with Crippen molar-refractivity contribution in [3.05, 3.63) is 59.2 Å². The number of ether oxygens (including phenoxy) is 1. The summed E-state index contributed by atoms with van der Waals surface area (Å²) in [6.07, 6.45) is -0.735. The molecule has 2 unspecified atom stereocenters. The van der Waals surface area contributed by atoms with Crippen molar-refractivity contribution in [1.29, 1.82) is 0 Å². The molecule has 0 saturated carbocycles. The fraction of sp³-hybridized carbons (Fsp3) is 0.484. The van der Waals surface area contributed by atoms with Gasteiger partial charge in [0.05, 0.1) is 0 Å². The first-order valence-electron chi connectivity index (χ1n) is 13.7. The summed E-state index contributed by atoms with van der Waals surface area (Å²) in [7, 11) is 0. The maximum Gasteiger partial charge on any atom is 0.408 e. The lowest BCUT2D eigenvalue weighted by atomic mass is 9.90. The smallest absolute Gasteiger partial charge is 0.408 e. The second kappa shape index (κ2) is 13.5. The Labute approximate surface area is 242 Å². The number of nitrogens with zero attached hydrogens (tertiary/aromatic N) is 1. The van der Waals surface area contributed by atoms with E-state index in [1.807, 2.05) is 26.0 Å². The summed E-state index contributed by atoms with van der Waals surface area (Å²) < 4.78 is 5.38. The molecule has 0 fully saturated rings. The fourth-order valence-corrected chi connectivity index (χ4v) is 4.32. The van der Waals surface area contributed by atoms with Crippen LogP contribution in [0.1, 0.15) is 83.5 Å². The first-order valence-corrected chi connectivity index (χ1v) is 13.7. The van der Waals surface area contributed by atoms with Gasteiger partial charge in [-0.2, -0.15) is 0 Å². The van der Waals surface area contributed by atoms with E-state index in [2.05, 4.69) is 10.6 Å². The SMILES string of the molecule is CCC(C)(C)N(C(=O)C(CCC(N)=O)NC(=O)OC(C)(C)C)C(C(=O)Nc1ccccc1C)c1cccc(C)c1O. The Morgan fingerprint density at radius 3 is 2.15 bits per heavy atom. The quantitative estimate of drug-likeness (QED) is 0.304. The number of benzene rings is 2. The van der Waals surface area contributed by atoms with Crippen LogP contribution in [0.4, 0.5) is 10.5 Å². The highest BCUT2D eigenvalue weighted by atomic mass is 16.6. The molecule has 2 aromatic carbocycles. The van der Waals surface area contributed by atoms with E-state index in [1.54, 1.807) is 71.9 Å². The van der Waals surface area contributed by atoms with Crippen molar-refractivity contribution in [3.63, 3.8) is 0 Å². The van der Waals surface area contributed by atoms with Gasteiger partial charge in [0.1, 0.15) is 23.4 Å². The fourth-order valence-electron chi connectivity index (χ4n) is 4.32. The number of hydrogen-bond acceptors (Lipinski definition) is 6. The number of aromatic hydroxyl groups is 1. The lowest BCUT2D eigenvalue weighted by Crippen LogP contribution is -2.59. The Balaban J connectivity index is 2.72. The topological polar surface area (TPSA) is 151 Å². The van der Waals surface area contributed by atoms with Gasteiger partial charge in [0.15, 0.2) is 0 Å². The molecule has 0 aromatic heterocycles. The molecular formula is C31H44N4O6. The monoisotopic (exact) mass is 568 g/mol. The van der Waals surface area contributed by atoms with Crippen LogP contribution in [0.25, 0.3) is 0 Å². The third-order valence-electron chi connectivity index (χ3n) is 6.90. The molecule has 0 aliphatic rings. The van der Waals surface area contributed by atoms with E-state index in [0.29, 0.717) is 17.7 Å². The predicted molar refractivity (Wildman–Crippen MR) is 158 cm³/mol. The van der Waals surface area contributed by atoms with Gasteiger partial charge in [0.25, 0.3) is 5.91 Å². The molecule has 0 aliphatic carbocycles. The van der Waals surface area contributed by atoms with Crippen LogP contribution in [0.15, 0.2) is 42.5 Å². The molecule has 224 valence electrons. The van der Waals surface area contributed by atoms with Gasteiger partial charge in [-0.1, -0.05) is 43.3 Å². The number of anilines is 1. The molecule has 0 bridgehead atoms. The molecule has 2 rings (SSSR count). The molecule has 0 aliphatic heterocycles.